The molecule has 0 radical (unpaired) electrons. The van der Waals surface area contributed by atoms with Gasteiger partial charge in [0.1, 0.15) is 5.75 Å². The van der Waals surface area contributed by atoms with E-state index in [0.29, 0.717) is 6.61 Å². The van der Waals surface area contributed by atoms with Gasteiger partial charge in [-0.1, -0.05) is 0 Å². The first kappa shape index (κ1) is 12.5. The fraction of sp³-hybridized carbons (Fsp3) is 0.300. The van der Waals surface area contributed by atoms with Crippen molar-refractivity contribution in [2.24, 2.45) is 5.10 Å². The first-order valence-electron chi connectivity index (χ1n) is 4.74. The SMILES string of the molecule is CCOc1ccc(C=NNS(C)(=O)=O)cc1. The Labute approximate surface area is 95.2 Å². The van der Waals surface area contributed by atoms with E-state index in [1.165, 1.54) is 6.21 Å². The Hall–Kier alpha value is -1.56. The van der Waals surface area contributed by atoms with Crippen molar-refractivity contribution in [2.45, 2.75) is 6.92 Å². The molecule has 1 rings (SSSR count). The van der Waals surface area contributed by atoms with Crippen LogP contribution in [0.4, 0.5) is 0 Å². The third kappa shape index (κ3) is 4.79. The van der Waals surface area contributed by atoms with E-state index in [1.54, 1.807) is 24.3 Å². The van der Waals surface area contributed by atoms with Crippen LogP contribution in [0.2, 0.25) is 0 Å². The number of ether oxygens (including phenoxy) is 1. The Morgan fingerprint density at radius 2 is 2.00 bits per heavy atom. The van der Waals surface area contributed by atoms with Crippen molar-refractivity contribution < 1.29 is 13.2 Å². The zero-order valence-electron chi connectivity index (χ0n) is 9.17. The number of hydrogen-bond acceptors (Lipinski definition) is 4. The number of hydrogen-bond donors (Lipinski definition) is 1. The minimum Gasteiger partial charge on any atom is -0.494 e. The average Bonchev–Trinajstić information content (AvgIpc) is 2.19. The molecule has 0 saturated carbocycles. The number of nitrogens with zero attached hydrogens (tertiary/aromatic N) is 1. The van der Waals surface area contributed by atoms with E-state index in [0.717, 1.165) is 17.6 Å². The summed E-state index contributed by atoms with van der Waals surface area (Å²) in [4.78, 5) is 2.02. The monoisotopic (exact) mass is 242 g/mol. The smallest absolute Gasteiger partial charge is 0.244 e. The fourth-order valence-corrected chi connectivity index (χ4v) is 1.26. The number of benzene rings is 1. The molecule has 1 N–H and O–H groups in total. The summed E-state index contributed by atoms with van der Waals surface area (Å²) in [5, 5.41) is 3.58. The lowest BCUT2D eigenvalue weighted by molar-refractivity contribution is 0.340. The van der Waals surface area contributed by atoms with Crippen molar-refractivity contribution in [3.05, 3.63) is 29.8 Å². The molecule has 88 valence electrons. The van der Waals surface area contributed by atoms with E-state index in [9.17, 15) is 8.42 Å². The maximum atomic E-state index is 10.7. The molecule has 0 heterocycles. The van der Waals surface area contributed by atoms with Crippen molar-refractivity contribution in [3.63, 3.8) is 0 Å². The van der Waals surface area contributed by atoms with Gasteiger partial charge in [0.15, 0.2) is 0 Å². The molecule has 0 aromatic heterocycles. The van der Waals surface area contributed by atoms with Gasteiger partial charge >= 0.3 is 0 Å². The molecule has 0 aliphatic rings. The molecule has 0 aliphatic carbocycles. The largest absolute Gasteiger partial charge is 0.494 e. The first-order chi connectivity index (χ1) is 7.51. The van der Waals surface area contributed by atoms with Gasteiger partial charge in [-0.3, -0.25) is 0 Å². The summed E-state index contributed by atoms with van der Waals surface area (Å²) in [6.07, 6.45) is 2.47. The van der Waals surface area contributed by atoms with Gasteiger partial charge in [-0.15, -0.1) is 0 Å². The number of nitrogens with one attached hydrogen (secondary N) is 1. The molecular formula is C10H14N2O3S. The molecule has 0 unspecified atom stereocenters. The lowest BCUT2D eigenvalue weighted by atomic mass is 10.2. The molecule has 0 fully saturated rings. The zero-order valence-corrected chi connectivity index (χ0v) is 9.99. The van der Waals surface area contributed by atoms with Crippen LogP contribution in [0.3, 0.4) is 0 Å². The third-order valence-electron chi connectivity index (χ3n) is 1.62. The van der Waals surface area contributed by atoms with Crippen LogP contribution < -0.4 is 9.57 Å². The van der Waals surface area contributed by atoms with Crippen LogP contribution >= 0.6 is 0 Å². The predicted molar refractivity (Wildman–Crippen MR) is 63.2 cm³/mol. The van der Waals surface area contributed by atoms with Crippen LogP contribution in [-0.2, 0) is 10.0 Å². The lowest BCUT2D eigenvalue weighted by Gasteiger charge is -2.02. The van der Waals surface area contributed by atoms with Crippen molar-refractivity contribution in [1.82, 2.24) is 4.83 Å². The summed E-state index contributed by atoms with van der Waals surface area (Å²) in [6, 6.07) is 7.17. The highest BCUT2D eigenvalue weighted by atomic mass is 32.2. The van der Waals surface area contributed by atoms with Gasteiger partial charge in [-0.25, -0.2) is 13.2 Å². The highest BCUT2D eigenvalue weighted by Crippen LogP contribution is 2.10. The fourth-order valence-electron chi connectivity index (χ4n) is 1.01. The van der Waals surface area contributed by atoms with E-state index in [1.807, 2.05) is 11.8 Å². The Morgan fingerprint density at radius 1 is 1.38 bits per heavy atom. The minimum absolute atomic E-state index is 0.614. The van der Waals surface area contributed by atoms with Crippen LogP contribution in [0.15, 0.2) is 29.4 Å². The number of hydrazone groups is 1. The van der Waals surface area contributed by atoms with Gasteiger partial charge in [0.05, 0.1) is 19.1 Å². The van der Waals surface area contributed by atoms with Gasteiger partial charge in [0.2, 0.25) is 10.0 Å². The van der Waals surface area contributed by atoms with Gasteiger partial charge in [0.25, 0.3) is 0 Å². The lowest BCUT2D eigenvalue weighted by Crippen LogP contribution is -2.15. The third-order valence-corrected chi connectivity index (χ3v) is 2.06. The number of sulfonamides is 1. The molecule has 0 spiro atoms. The van der Waals surface area contributed by atoms with E-state index in [-0.39, 0.29) is 0 Å². The standard InChI is InChI=1S/C10H14N2O3S/c1-3-15-10-6-4-9(5-7-10)8-11-12-16(2,13)14/h4-8,12H,3H2,1-2H3. The number of rotatable bonds is 5. The molecule has 0 amide bonds. The summed E-state index contributed by atoms with van der Waals surface area (Å²) in [6.45, 7) is 2.52. The second kappa shape index (κ2) is 5.50. The molecule has 16 heavy (non-hydrogen) atoms. The molecule has 1 aromatic rings. The Bertz CT molecular complexity index is 451. The van der Waals surface area contributed by atoms with Crippen molar-refractivity contribution in [2.75, 3.05) is 12.9 Å². The van der Waals surface area contributed by atoms with Crippen LogP contribution in [0.25, 0.3) is 0 Å². The van der Waals surface area contributed by atoms with E-state index < -0.39 is 10.0 Å². The van der Waals surface area contributed by atoms with E-state index in [4.69, 9.17) is 4.74 Å². The molecule has 0 bridgehead atoms. The molecular weight excluding hydrogens is 228 g/mol. The second-order valence-corrected chi connectivity index (χ2v) is 4.85. The zero-order chi connectivity index (χ0) is 12.0. The Kier molecular flexibility index (Phi) is 4.30. The Balaban J connectivity index is 2.61. The highest BCUT2D eigenvalue weighted by molar-refractivity contribution is 7.88. The van der Waals surface area contributed by atoms with Crippen molar-refractivity contribution in [1.29, 1.82) is 0 Å². The van der Waals surface area contributed by atoms with Crippen LogP contribution in [-0.4, -0.2) is 27.5 Å². The van der Waals surface area contributed by atoms with E-state index >= 15 is 0 Å². The Morgan fingerprint density at radius 3 is 2.50 bits per heavy atom. The first-order valence-corrected chi connectivity index (χ1v) is 6.63. The van der Waals surface area contributed by atoms with Crippen LogP contribution in [0.1, 0.15) is 12.5 Å². The van der Waals surface area contributed by atoms with Crippen LogP contribution in [0.5, 0.6) is 5.75 Å². The minimum atomic E-state index is -3.28. The molecule has 0 saturated heterocycles. The normalized spacial score (nSPS) is 11.6. The molecule has 1 aromatic carbocycles. The molecule has 0 aliphatic heterocycles. The van der Waals surface area contributed by atoms with E-state index in [2.05, 4.69) is 5.10 Å². The maximum Gasteiger partial charge on any atom is 0.244 e. The quantitative estimate of drug-likeness (QED) is 0.618. The highest BCUT2D eigenvalue weighted by Gasteiger charge is 1.95. The summed E-state index contributed by atoms with van der Waals surface area (Å²) in [5.74, 6) is 0.774. The van der Waals surface area contributed by atoms with Gasteiger partial charge in [-0.05, 0) is 36.8 Å². The summed E-state index contributed by atoms with van der Waals surface area (Å²) in [5.41, 5.74) is 0.791. The molecule has 6 heteroatoms. The van der Waals surface area contributed by atoms with Crippen molar-refractivity contribution in [3.8, 4) is 5.75 Å². The van der Waals surface area contributed by atoms with Gasteiger partial charge in [0, 0.05) is 0 Å². The summed E-state index contributed by atoms with van der Waals surface area (Å²) in [7, 11) is -3.28. The van der Waals surface area contributed by atoms with Gasteiger partial charge in [-0.2, -0.15) is 5.10 Å². The van der Waals surface area contributed by atoms with Gasteiger partial charge < -0.3 is 4.74 Å². The molecule has 0 atom stereocenters. The maximum absolute atomic E-state index is 10.7. The predicted octanol–water partition coefficient (Wildman–Crippen LogP) is 0.968. The second-order valence-electron chi connectivity index (χ2n) is 3.12. The molecule has 5 nitrogen and oxygen atoms in total. The topological polar surface area (TPSA) is 67.8 Å². The summed E-state index contributed by atoms with van der Waals surface area (Å²) < 4.78 is 26.7. The summed E-state index contributed by atoms with van der Waals surface area (Å²) >= 11 is 0. The average molecular weight is 242 g/mol. The van der Waals surface area contributed by atoms with Crippen molar-refractivity contribution >= 4 is 16.2 Å². The van der Waals surface area contributed by atoms with Crippen LogP contribution in [0, 0.1) is 0 Å².